The topological polar surface area (TPSA) is 67.7 Å². The summed E-state index contributed by atoms with van der Waals surface area (Å²) in [6, 6.07) is 0. The zero-order valence-corrected chi connectivity index (χ0v) is 15.2. The molecule has 25 heavy (non-hydrogen) atoms. The van der Waals surface area contributed by atoms with E-state index >= 15 is 0 Å². The minimum atomic E-state index is -0.256. The summed E-state index contributed by atoms with van der Waals surface area (Å²) >= 11 is 0. The third kappa shape index (κ3) is 4.21. The Bertz CT molecular complexity index is 601. The summed E-state index contributed by atoms with van der Waals surface area (Å²) in [7, 11) is 1.86. The van der Waals surface area contributed by atoms with Crippen molar-refractivity contribution in [2.75, 3.05) is 33.3 Å². The summed E-state index contributed by atoms with van der Waals surface area (Å²) in [5.41, 5.74) is 0. The van der Waals surface area contributed by atoms with Crippen LogP contribution < -0.4 is 0 Å². The number of aryl methyl sites for hydroxylation is 1. The lowest BCUT2D eigenvalue weighted by atomic mass is 9.95. The lowest BCUT2D eigenvalue weighted by Crippen LogP contribution is -2.46. The number of piperidine rings is 1. The van der Waals surface area contributed by atoms with E-state index in [1.165, 1.54) is 0 Å². The van der Waals surface area contributed by atoms with E-state index in [2.05, 4.69) is 4.98 Å². The van der Waals surface area contributed by atoms with Crippen LogP contribution in [0, 0.1) is 12.8 Å². The molecule has 2 aliphatic rings. The molecule has 0 radical (unpaired) electrons. The van der Waals surface area contributed by atoms with Crippen LogP contribution in [0.3, 0.4) is 0 Å². The molecule has 0 bridgehead atoms. The van der Waals surface area contributed by atoms with Gasteiger partial charge in [-0.25, -0.2) is 4.98 Å². The van der Waals surface area contributed by atoms with Gasteiger partial charge in [-0.15, -0.1) is 0 Å². The molecule has 1 unspecified atom stereocenters. The second kappa shape index (κ2) is 7.99. The smallest absolute Gasteiger partial charge is 0.251 e. The first-order valence-corrected chi connectivity index (χ1v) is 9.19. The van der Waals surface area contributed by atoms with E-state index in [4.69, 9.17) is 4.74 Å². The Balaban J connectivity index is 1.44. The molecule has 138 valence electrons. The predicted molar refractivity (Wildman–Crippen MR) is 92.9 cm³/mol. The normalized spacial score (nSPS) is 21.5. The second-order valence-corrected chi connectivity index (χ2v) is 7.03. The number of hydrogen-bond acceptors (Lipinski definition) is 4. The summed E-state index contributed by atoms with van der Waals surface area (Å²) in [6.45, 7) is 5.39. The molecule has 0 N–H and O–H groups in total. The number of carbonyl (C=O) groups excluding carboxylic acids is 2. The first-order chi connectivity index (χ1) is 12.1. The number of rotatable bonds is 5. The van der Waals surface area contributed by atoms with Crippen LogP contribution >= 0.6 is 0 Å². The third-order valence-electron chi connectivity index (χ3n) is 5.34. The number of ether oxygens (including phenoxy) is 1. The Hall–Kier alpha value is -1.89. The van der Waals surface area contributed by atoms with Gasteiger partial charge in [0.1, 0.15) is 11.9 Å². The maximum absolute atomic E-state index is 12.6. The Morgan fingerprint density at radius 1 is 1.32 bits per heavy atom. The van der Waals surface area contributed by atoms with Crippen molar-refractivity contribution >= 4 is 11.8 Å². The molecule has 1 atom stereocenters. The average Bonchev–Trinajstić information content (AvgIpc) is 3.30. The highest BCUT2D eigenvalue weighted by Crippen LogP contribution is 2.22. The average molecular weight is 348 g/mol. The Labute approximate surface area is 148 Å². The van der Waals surface area contributed by atoms with Gasteiger partial charge in [-0.2, -0.15) is 0 Å². The fraction of sp³-hybridized carbons (Fsp3) is 0.722. The van der Waals surface area contributed by atoms with Crippen LogP contribution in [-0.2, 0) is 20.9 Å². The number of hydrogen-bond donors (Lipinski definition) is 0. The molecule has 0 spiro atoms. The lowest BCUT2D eigenvalue weighted by Gasteiger charge is -2.34. The van der Waals surface area contributed by atoms with E-state index in [0.717, 1.165) is 38.1 Å². The highest BCUT2D eigenvalue weighted by molar-refractivity contribution is 5.82. The van der Waals surface area contributed by atoms with E-state index in [9.17, 15) is 9.59 Å². The van der Waals surface area contributed by atoms with Crippen LogP contribution in [0.4, 0.5) is 0 Å². The van der Waals surface area contributed by atoms with Crippen LogP contribution in [0.1, 0.15) is 31.5 Å². The largest absolute Gasteiger partial charge is 0.368 e. The van der Waals surface area contributed by atoms with Crippen molar-refractivity contribution in [3.63, 3.8) is 0 Å². The van der Waals surface area contributed by atoms with Crippen LogP contribution in [0.2, 0.25) is 0 Å². The standard InChI is InChI=1S/C18H28N4O3/c1-14-19-7-10-21(14)12-11-20(2)17(23)15-5-8-22(9-6-15)18(24)16-4-3-13-25-16/h7,10,15-16H,3-6,8-9,11-13H2,1-2H3. The third-order valence-corrected chi connectivity index (χ3v) is 5.34. The molecule has 2 fully saturated rings. The van der Waals surface area contributed by atoms with Crippen molar-refractivity contribution < 1.29 is 14.3 Å². The van der Waals surface area contributed by atoms with E-state index in [1.54, 1.807) is 6.20 Å². The zero-order chi connectivity index (χ0) is 17.8. The highest BCUT2D eigenvalue weighted by atomic mass is 16.5. The van der Waals surface area contributed by atoms with E-state index in [1.807, 2.05) is 34.5 Å². The molecular weight excluding hydrogens is 320 g/mol. The molecule has 1 aromatic heterocycles. The van der Waals surface area contributed by atoms with Crippen LogP contribution in [-0.4, -0.2) is 70.6 Å². The first kappa shape index (κ1) is 17.9. The number of likely N-dealkylation sites (tertiary alicyclic amines) is 1. The van der Waals surface area contributed by atoms with Gasteiger partial charge in [0.05, 0.1) is 0 Å². The summed E-state index contributed by atoms with van der Waals surface area (Å²) < 4.78 is 7.53. The summed E-state index contributed by atoms with van der Waals surface area (Å²) in [4.78, 5) is 32.9. The van der Waals surface area contributed by atoms with E-state index in [-0.39, 0.29) is 23.8 Å². The number of likely N-dealkylation sites (N-methyl/N-ethyl adjacent to an activating group) is 1. The van der Waals surface area contributed by atoms with Crippen molar-refractivity contribution in [3.8, 4) is 0 Å². The minimum Gasteiger partial charge on any atom is -0.368 e. The van der Waals surface area contributed by atoms with Crippen molar-refractivity contribution in [2.45, 2.75) is 45.3 Å². The number of amides is 2. The molecule has 7 heteroatoms. The van der Waals surface area contributed by atoms with Crippen molar-refractivity contribution in [1.82, 2.24) is 19.4 Å². The summed E-state index contributed by atoms with van der Waals surface area (Å²) in [6.07, 6.45) is 6.73. The van der Waals surface area contributed by atoms with Gasteiger partial charge >= 0.3 is 0 Å². The fourth-order valence-electron chi connectivity index (χ4n) is 3.64. The Kier molecular flexibility index (Phi) is 5.73. The molecule has 3 heterocycles. The van der Waals surface area contributed by atoms with Gasteiger partial charge in [-0.1, -0.05) is 0 Å². The quantitative estimate of drug-likeness (QED) is 0.798. The van der Waals surface area contributed by atoms with Gasteiger partial charge in [0.15, 0.2) is 0 Å². The maximum atomic E-state index is 12.6. The van der Waals surface area contributed by atoms with Crippen LogP contribution in [0.5, 0.6) is 0 Å². The summed E-state index contributed by atoms with van der Waals surface area (Å²) in [5, 5.41) is 0. The van der Waals surface area contributed by atoms with Crippen LogP contribution in [0.15, 0.2) is 12.4 Å². The van der Waals surface area contributed by atoms with E-state index in [0.29, 0.717) is 26.2 Å². The van der Waals surface area contributed by atoms with Gasteiger partial charge < -0.3 is 19.1 Å². The van der Waals surface area contributed by atoms with Crippen molar-refractivity contribution in [3.05, 3.63) is 18.2 Å². The Morgan fingerprint density at radius 3 is 2.68 bits per heavy atom. The SMILES string of the molecule is Cc1nccn1CCN(C)C(=O)C1CCN(C(=O)C2CCCO2)CC1. The Morgan fingerprint density at radius 2 is 2.08 bits per heavy atom. The molecule has 1 aromatic rings. The highest BCUT2D eigenvalue weighted by Gasteiger charge is 2.33. The molecule has 7 nitrogen and oxygen atoms in total. The fourth-order valence-corrected chi connectivity index (χ4v) is 3.64. The molecule has 2 amide bonds. The predicted octanol–water partition coefficient (Wildman–Crippen LogP) is 1.07. The molecule has 3 rings (SSSR count). The molecule has 0 aliphatic carbocycles. The maximum Gasteiger partial charge on any atom is 0.251 e. The number of aromatic nitrogens is 2. The zero-order valence-electron chi connectivity index (χ0n) is 15.2. The second-order valence-electron chi connectivity index (χ2n) is 7.03. The first-order valence-electron chi connectivity index (χ1n) is 9.19. The van der Waals surface area contributed by atoms with Crippen molar-refractivity contribution in [2.24, 2.45) is 5.92 Å². The van der Waals surface area contributed by atoms with E-state index < -0.39 is 0 Å². The monoisotopic (exact) mass is 348 g/mol. The number of carbonyl (C=O) groups is 2. The van der Waals surface area contributed by atoms with Gasteiger partial charge in [-0.3, -0.25) is 9.59 Å². The molecular formula is C18H28N4O3. The molecule has 0 saturated carbocycles. The van der Waals surface area contributed by atoms with Gasteiger partial charge in [0.2, 0.25) is 5.91 Å². The minimum absolute atomic E-state index is 0.0161. The van der Waals surface area contributed by atoms with Gasteiger partial charge in [-0.05, 0) is 32.6 Å². The van der Waals surface area contributed by atoms with Gasteiger partial charge in [0, 0.05) is 58.1 Å². The number of imidazole rings is 1. The lowest BCUT2D eigenvalue weighted by molar-refractivity contribution is -0.145. The van der Waals surface area contributed by atoms with Crippen LogP contribution in [0.25, 0.3) is 0 Å². The number of nitrogens with zero attached hydrogens (tertiary/aromatic N) is 4. The molecule has 2 aliphatic heterocycles. The van der Waals surface area contributed by atoms with Gasteiger partial charge in [0.25, 0.3) is 5.91 Å². The van der Waals surface area contributed by atoms with Crippen molar-refractivity contribution in [1.29, 1.82) is 0 Å². The molecule has 0 aromatic carbocycles. The molecule has 2 saturated heterocycles. The summed E-state index contributed by atoms with van der Waals surface area (Å²) in [5.74, 6) is 1.26.